The van der Waals surface area contributed by atoms with Crippen molar-refractivity contribution in [2.24, 2.45) is 0 Å². The molecule has 0 fully saturated rings. The maximum Gasteiger partial charge on any atom is 0.416 e. The highest BCUT2D eigenvalue weighted by molar-refractivity contribution is 7.92. The van der Waals surface area contributed by atoms with Crippen molar-refractivity contribution in [2.75, 3.05) is 18.0 Å². The minimum absolute atomic E-state index is 0.0368. The fraction of sp³-hybridized carbons (Fsp3) is 0.222. The molecule has 0 aliphatic carbocycles. The lowest BCUT2D eigenvalue weighted by molar-refractivity contribution is -0.142. The summed E-state index contributed by atoms with van der Waals surface area (Å²) < 4.78 is 93.2. The molecule has 0 amide bonds. The molecular weight excluding hydrogens is 562 g/mol. The molecule has 3 aromatic carbocycles. The number of allylic oxidation sites excluding steroid dienone is 1. The number of methoxy groups -OCH3 is 1. The average Bonchev–Trinajstić information content (AvgIpc) is 2.87. The summed E-state index contributed by atoms with van der Waals surface area (Å²) in [6.07, 6.45) is -4.44. The Bertz CT molecular complexity index is 1540. The third kappa shape index (κ3) is 6.04. The molecule has 0 bridgehead atoms. The number of halogens is 5. The second-order valence-corrected chi connectivity index (χ2v) is 11.0. The molecule has 1 atom stereocenters. The van der Waals surface area contributed by atoms with E-state index in [9.17, 15) is 30.8 Å². The first-order valence-electron chi connectivity index (χ1n) is 11.5. The molecule has 12 heteroatoms. The van der Waals surface area contributed by atoms with Gasteiger partial charge in [0.25, 0.3) is 10.0 Å². The van der Waals surface area contributed by atoms with E-state index in [0.717, 1.165) is 22.5 Å². The number of carbonyl (C=O) groups excluding carboxylic acids is 1. The first kappa shape index (κ1) is 28.4. The number of ether oxygens (including phenoxy) is 2. The number of carbonyl (C=O) groups is 1. The smallest absolute Gasteiger partial charge is 0.416 e. The number of rotatable bonds is 6. The highest BCUT2D eigenvalue weighted by Gasteiger charge is 2.37. The number of anilines is 1. The molecule has 0 saturated heterocycles. The van der Waals surface area contributed by atoms with Crippen molar-refractivity contribution in [3.63, 3.8) is 0 Å². The maximum absolute atomic E-state index is 14.4. The van der Waals surface area contributed by atoms with E-state index in [-0.39, 0.29) is 35.0 Å². The highest BCUT2D eigenvalue weighted by atomic mass is 35.5. The lowest BCUT2D eigenvalue weighted by Crippen LogP contribution is -2.44. The van der Waals surface area contributed by atoms with Crippen LogP contribution in [0, 0.1) is 5.82 Å². The van der Waals surface area contributed by atoms with Gasteiger partial charge in [0.15, 0.2) is 0 Å². The number of hydrogen-bond acceptors (Lipinski definition) is 5. The van der Waals surface area contributed by atoms with Crippen molar-refractivity contribution in [2.45, 2.75) is 30.5 Å². The van der Waals surface area contributed by atoms with Gasteiger partial charge in [-0.3, -0.25) is 9.10 Å². The van der Waals surface area contributed by atoms with E-state index in [2.05, 4.69) is 4.74 Å². The quantitative estimate of drug-likeness (QED) is 0.186. The van der Waals surface area contributed by atoms with Gasteiger partial charge < -0.3 is 9.47 Å². The van der Waals surface area contributed by atoms with Gasteiger partial charge in [0.2, 0.25) is 0 Å². The molecule has 6 nitrogen and oxygen atoms in total. The van der Waals surface area contributed by atoms with E-state index >= 15 is 0 Å². The summed E-state index contributed by atoms with van der Waals surface area (Å²) >= 11 is 6.16. The van der Waals surface area contributed by atoms with E-state index in [1.54, 1.807) is 19.1 Å². The molecule has 1 aliphatic heterocycles. The molecule has 1 unspecified atom stereocenters. The zero-order valence-electron chi connectivity index (χ0n) is 20.6. The summed E-state index contributed by atoms with van der Waals surface area (Å²) in [5, 5.41) is 0.185. The minimum atomic E-state index is -4.76. The molecule has 0 N–H and O–H groups in total. The summed E-state index contributed by atoms with van der Waals surface area (Å²) in [6, 6.07) is 12.1. The fourth-order valence-corrected chi connectivity index (χ4v) is 6.04. The Balaban J connectivity index is 1.81. The first-order chi connectivity index (χ1) is 18.3. The van der Waals surface area contributed by atoms with Crippen LogP contribution >= 0.6 is 11.6 Å². The number of esters is 1. The SMILES string of the molecule is COC(=O)CC1CN(S(=O)(=O)c2cccc(C(F)(F)F)c2)c2cc(C=C(C)c3c(F)cccc3Cl)ccc2O1. The molecule has 1 aliphatic rings. The second-order valence-electron chi connectivity index (χ2n) is 8.73. The van der Waals surface area contributed by atoms with E-state index in [0.29, 0.717) is 17.2 Å². The third-order valence-electron chi connectivity index (χ3n) is 6.03. The predicted octanol–water partition coefficient (Wildman–Crippen LogP) is 6.58. The van der Waals surface area contributed by atoms with Crippen LogP contribution < -0.4 is 9.04 Å². The van der Waals surface area contributed by atoms with Crippen LogP contribution in [0.2, 0.25) is 5.02 Å². The number of sulfonamides is 1. The van der Waals surface area contributed by atoms with Crippen LogP contribution in [0.4, 0.5) is 23.2 Å². The number of fused-ring (bicyclic) bond motifs is 1. The minimum Gasteiger partial charge on any atom is -0.486 e. The molecule has 1 heterocycles. The Morgan fingerprint density at radius 3 is 2.54 bits per heavy atom. The van der Waals surface area contributed by atoms with Crippen molar-refractivity contribution in [1.82, 2.24) is 0 Å². The maximum atomic E-state index is 14.4. The summed E-state index contributed by atoms with van der Waals surface area (Å²) in [6.45, 7) is 1.26. The predicted molar refractivity (Wildman–Crippen MR) is 138 cm³/mol. The van der Waals surface area contributed by atoms with Gasteiger partial charge in [-0.15, -0.1) is 0 Å². The molecule has 206 valence electrons. The van der Waals surface area contributed by atoms with E-state index in [1.165, 1.54) is 37.4 Å². The third-order valence-corrected chi connectivity index (χ3v) is 8.12. The lowest BCUT2D eigenvalue weighted by Gasteiger charge is -2.35. The van der Waals surface area contributed by atoms with Crippen LogP contribution in [-0.4, -0.2) is 34.1 Å². The Hall–Kier alpha value is -3.57. The van der Waals surface area contributed by atoms with E-state index in [4.69, 9.17) is 16.3 Å². The van der Waals surface area contributed by atoms with Gasteiger partial charge >= 0.3 is 12.1 Å². The zero-order valence-corrected chi connectivity index (χ0v) is 22.2. The molecule has 4 rings (SSSR count). The standard InChI is InChI=1S/C27H22ClF4NO5S/c1-16(26-21(28)7-4-8-22(26)29)11-17-9-10-24-23(12-17)33(15-19(38-24)14-25(34)37-2)39(35,36)20-6-3-5-18(13-20)27(30,31)32/h3-13,19H,14-15H2,1-2H3. The average molecular weight is 584 g/mol. The van der Waals surface area contributed by atoms with Crippen LogP contribution in [0.15, 0.2) is 65.6 Å². The number of hydrogen-bond donors (Lipinski definition) is 0. The topological polar surface area (TPSA) is 72.9 Å². The number of alkyl halides is 3. The van der Waals surface area contributed by atoms with Gasteiger partial charge in [-0.05, 0) is 60.5 Å². The lowest BCUT2D eigenvalue weighted by atomic mass is 10.0. The summed E-state index contributed by atoms with van der Waals surface area (Å²) in [4.78, 5) is 11.3. The van der Waals surface area contributed by atoms with Crippen molar-refractivity contribution < 1.29 is 40.2 Å². The van der Waals surface area contributed by atoms with Gasteiger partial charge in [-0.25, -0.2) is 12.8 Å². The van der Waals surface area contributed by atoms with Gasteiger partial charge in [0, 0.05) is 5.56 Å². The molecule has 0 aromatic heterocycles. The zero-order chi connectivity index (χ0) is 28.5. The Morgan fingerprint density at radius 2 is 1.87 bits per heavy atom. The molecule has 0 spiro atoms. The van der Waals surface area contributed by atoms with Gasteiger partial charge in [0.1, 0.15) is 17.7 Å². The van der Waals surface area contributed by atoms with Crippen LogP contribution in [0.25, 0.3) is 11.6 Å². The van der Waals surface area contributed by atoms with Crippen LogP contribution in [0.5, 0.6) is 5.75 Å². The van der Waals surface area contributed by atoms with Crippen molar-refractivity contribution >= 4 is 44.9 Å². The van der Waals surface area contributed by atoms with Crippen molar-refractivity contribution in [1.29, 1.82) is 0 Å². The van der Waals surface area contributed by atoms with Crippen molar-refractivity contribution in [3.05, 3.63) is 88.2 Å². The van der Waals surface area contributed by atoms with Crippen LogP contribution in [-0.2, 0) is 25.7 Å². The van der Waals surface area contributed by atoms with Crippen LogP contribution in [0.3, 0.4) is 0 Å². The molecule has 39 heavy (non-hydrogen) atoms. The van der Waals surface area contributed by atoms with Crippen LogP contribution in [0.1, 0.15) is 30.0 Å². The summed E-state index contributed by atoms with van der Waals surface area (Å²) in [5.74, 6) is -1.11. The first-order valence-corrected chi connectivity index (χ1v) is 13.3. The molecule has 0 radical (unpaired) electrons. The number of benzene rings is 3. The van der Waals surface area contributed by atoms with E-state index < -0.39 is 44.5 Å². The molecule has 3 aromatic rings. The normalized spacial score (nSPS) is 15.9. The Morgan fingerprint density at radius 1 is 1.15 bits per heavy atom. The summed E-state index contributed by atoms with van der Waals surface area (Å²) in [7, 11) is -3.38. The Kier molecular flexibility index (Phi) is 7.94. The number of nitrogens with zero attached hydrogens (tertiary/aromatic N) is 1. The highest BCUT2D eigenvalue weighted by Crippen LogP contribution is 2.40. The second kappa shape index (κ2) is 10.9. The largest absolute Gasteiger partial charge is 0.486 e. The molecule has 0 saturated carbocycles. The van der Waals surface area contributed by atoms with Gasteiger partial charge in [0.05, 0.1) is 41.2 Å². The van der Waals surface area contributed by atoms with Gasteiger partial charge in [-0.1, -0.05) is 35.9 Å². The molecular formula is C27H22ClF4NO5S. The van der Waals surface area contributed by atoms with E-state index in [1.807, 2.05) is 0 Å². The van der Waals surface area contributed by atoms with Crippen molar-refractivity contribution in [3.8, 4) is 5.75 Å². The summed E-state index contributed by atoms with van der Waals surface area (Å²) in [5.41, 5.74) is -0.0258. The fourth-order valence-electron chi connectivity index (χ4n) is 4.18. The monoisotopic (exact) mass is 583 g/mol. The Labute approximate surface area is 227 Å². The van der Waals surface area contributed by atoms with Gasteiger partial charge in [-0.2, -0.15) is 13.2 Å².